The van der Waals surface area contributed by atoms with E-state index in [0.717, 1.165) is 30.5 Å². The molecule has 5 heteroatoms. The molecule has 0 saturated carbocycles. The molecule has 18 heavy (non-hydrogen) atoms. The van der Waals surface area contributed by atoms with E-state index in [9.17, 15) is 8.42 Å². The zero-order chi connectivity index (χ0) is 13.2. The second-order valence-corrected chi connectivity index (χ2v) is 6.65. The number of benzene rings is 1. The van der Waals surface area contributed by atoms with Gasteiger partial charge in [0.15, 0.2) is 0 Å². The molecule has 1 fully saturated rings. The first kappa shape index (κ1) is 13.5. The highest BCUT2D eigenvalue weighted by atomic mass is 32.2. The normalized spacial score (nSPS) is 20.2. The monoisotopic (exact) mass is 268 g/mol. The maximum absolute atomic E-state index is 12.2. The van der Waals surface area contributed by atoms with Crippen LogP contribution in [0, 0.1) is 13.8 Å². The molecule has 0 aromatic heterocycles. The van der Waals surface area contributed by atoms with Crippen LogP contribution in [-0.4, -0.2) is 27.5 Å². The SMILES string of the molecule is Cc1ccc(C)c(S(=O)(=O)NC[C@@H]2CCCN2)c1. The number of rotatable bonds is 4. The van der Waals surface area contributed by atoms with Crippen LogP contribution < -0.4 is 10.0 Å². The number of nitrogens with one attached hydrogen (secondary N) is 2. The summed E-state index contributed by atoms with van der Waals surface area (Å²) in [5.74, 6) is 0. The summed E-state index contributed by atoms with van der Waals surface area (Å²) in [5, 5.41) is 3.28. The van der Waals surface area contributed by atoms with E-state index in [-0.39, 0.29) is 6.04 Å². The highest BCUT2D eigenvalue weighted by Gasteiger charge is 2.20. The van der Waals surface area contributed by atoms with Crippen LogP contribution in [0.25, 0.3) is 0 Å². The van der Waals surface area contributed by atoms with Crippen LogP contribution in [0.4, 0.5) is 0 Å². The van der Waals surface area contributed by atoms with E-state index >= 15 is 0 Å². The topological polar surface area (TPSA) is 58.2 Å². The fraction of sp³-hybridized carbons (Fsp3) is 0.538. The lowest BCUT2D eigenvalue weighted by atomic mass is 10.2. The summed E-state index contributed by atoms with van der Waals surface area (Å²) in [4.78, 5) is 0.389. The molecule has 0 aliphatic carbocycles. The smallest absolute Gasteiger partial charge is 0.240 e. The number of hydrogen-bond donors (Lipinski definition) is 2. The van der Waals surface area contributed by atoms with Crippen molar-refractivity contribution in [2.75, 3.05) is 13.1 Å². The van der Waals surface area contributed by atoms with Gasteiger partial charge in [0.05, 0.1) is 4.90 Å². The molecule has 4 nitrogen and oxygen atoms in total. The Hall–Kier alpha value is -0.910. The Labute approximate surface area is 109 Å². The average Bonchev–Trinajstić information content (AvgIpc) is 2.83. The molecule has 1 heterocycles. The van der Waals surface area contributed by atoms with Crippen LogP contribution >= 0.6 is 0 Å². The van der Waals surface area contributed by atoms with Crippen LogP contribution in [-0.2, 0) is 10.0 Å². The minimum Gasteiger partial charge on any atom is -0.313 e. The largest absolute Gasteiger partial charge is 0.313 e. The number of aryl methyl sites for hydroxylation is 2. The van der Waals surface area contributed by atoms with E-state index in [1.807, 2.05) is 26.0 Å². The molecule has 2 N–H and O–H groups in total. The summed E-state index contributed by atoms with van der Waals surface area (Å²) >= 11 is 0. The summed E-state index contributed by atoms with van der Waals surface area (Å²) in [7, 11) is -3.39. The lowest BCUT2D eigenvalue weighted by molar-refractivity contribution is 0.551. The minimum absolute atomic E-state index is 0.268. The van der Waals surface area contributed by atoms with E-state index in [0.29, 0.717) is 11.4 Å². The van der Waals surface area contributed by atoms with Gasteiger partial charge in [-0.15, -0.1) is 0 Å². The molecule has 1 aliphatic rings. The van der Waals surface area contributed by atoms with Crippen LogP contribution in [0.15, 0.2) is 23.1 Å². The van der Waals surface area contributed by atoms with Gasteiger partial charge in [0.25, 0.3) is 0 Å². The van der Waals surface area contributed by atoms with Crippen LogP contribution in [0.1, 0.15) is 24.0 Å². The first-order valence-corrected chi connectivity index (χ1v) is 7.78. The Bertz CT molecular complexity index is 520. The summed E-state index contributed by atoms with van der Waals surface area (Å²) in [6, 6.07) is 5.76. The Kier molecular flexibility index (Phi) is 4.04. The predicted octanol–water partition coefficient (Wildman–Crippen LogP) is 1.33. The molecule has 0 amide bonds. The zero-order valence-electron chi connectivity index (χ0n) is 10.9. The van der Waals surface area contributed by atoms with Gasteiger partial charge in [0.2, 0.25) is 10.0 Å². The Morgan fingerprint density at radius 2 is 2.17 bits per heavy atom. The van der Waals surface area contributed by atoms with Crippen molar-refractivity contribution < 1.29 is 8.42 Å². The maximum atomic E-state index is 12.2. The Morgan fingerprint density at radius 1 is 1.39 bits per heavy atom. The van der Waals surface area contributed by atoms with E-state index in [2.05, 4.69) is 10.0 Å². The van der Waals surface area contributed by atoms with Gasteiger partial charge < -0.3 is 5.32 Å². The van der Waals surface area contributed by atoms with E-state index < -0.39 is 10.0 Å². The van der Waals surface area contributed by atoms with Crippen LogP contribution in [0.3, 0.4) is 0 Å². The summed E-state index contributed by atoms with van der Waals surface area (Å²) in [6.45, 7) is 5.17. The molecule has 1 aromatic rings. The molecule has 0 unspecified atom stereocenters. The van der Waals surface area contributed by atoms with Crippen LogP contribution in [0.5, 0.6) is 0 Å². The van der Waals surface area contributed by atoms with Gasteiger partial charge in [-0.1, -0.05) is 12.1 Å². The molecule has 0 spiro atoms. The zero-order valence-corrected chi connectivity index (χ0v) is 11.7. The molecule has 1 atom stereocenters. The van der Waals surface area contributed by atoms with Gasteiger partial charge in [0, 0.05) is 12.6 Å². The van der Waals surface area contributed by atoms with E-state index in [1.54, 1.807) is 6.07 Å². The lowest BCUT2D eigenvalue weighted by Gasteiger charge is -2.13. The third-order valence-corrected chi connectivity index (χ3v) is 4.88. The predicted molar refractivity (Wildman–Crippen MR) is 72.1 cm³/mol. The third-order valence-electron chi connectivity index (χ3n) is 3.32. The molecular weight excluding hydrogens is 248 g/mol. The van der Waals surface area contributed by atoms with Crippen molar-refractivity contribution in [1.82, 2.24) is 10.0 Å². The third kappa shape index (κ3) is 3.10. The second-order valence-electron chi connectivity index (χ2n) is 4.91. The standard InChI is InChI=1S/C13H20N2O2S/c1-10-5-6-11(2)13(8-10)18(16,17)15-9-12-4-3-7-14-12/h5-6,8,12,14-15H,3-4,7,9H2,1-2H3/t12-/m0/s1. The number of hydrogen-bond acceptors (Lipinski definition) is 3. The van der Waals surface area contributed by atoms with Gasteiger partial charge in [-0.2, -0.15) is 0 Å². The summed E-state index contributed by atoms with van der Waals surface area (Å²) in [5.41, 5.74) is 1.74. The van der Waals surface area contributed by atoms with Gasteiger partial charge >= 0.3 is 0 Å². The molecule has 100 valence electrons. The van der Waals surface area contributed by atoms with Gasteiger partial charge in [-0.25, -0.2) is 13.1 Å². The van der Waals surface area contributed by atoms with Crippen molar-refractivity contribution in [2.24, 2.45) is 0 Å². The lowest BCUT2D eigenvalue weighted by Crippen LogP contribution is -2.37. The molecule has 2 rings (SSSR count). The van der Waals surface area contributed by atoms with Crippen LogP contribution in [0.2, 0.25) is 0 Å². The van der Waals surface area contributed by atoms with Crippen molar-refractivity contribution >= 4 is 10.0 Å². The van der Waals surface area contributed by atoms with Crippen molar-refractivity contribution in [3.63, 3.8) is 0 Å². The van der Waals surface area contributed by atoms with E-state index in [1.165, 1.54) is 0 Å². The Morgan fingerprint density at radius 3 is 2.83 bits per heavy atom. The second kappa shape index (κ2) is 5.38. The van der Waals surface area contributed by atoms with Crippen molar-refractivity contribution in [2.45, 2.75) is 37.6 Å². The summed E-state index contributed by atoms with van der Waals surface area (Å²) in [6.07, 6.45) is 2.16. The fourth-order valence-corrected chi connectivity index (χ4v) is 3.62. The van der Waals surface area contributed by atoms with E-state index in [4.69, 9.17) is 0 Å². The number of sulfonamides is 1. The molecule has 1 aromatic carbocycles. The van der Waals surface area contributed by atoms with Crippen molar-refractivity contribution in [3.8, 4) is 0 Å². The van der Waals surface area contributed by atoms with Crippen molar-refractivity contribution in [3.05, 3.63) is 29.3 Å². The molecular formula is C13H20N2O2S. The molecule has 0 radical (unpaired) electrons. The van der Waals surface area contributed by atoms with Crippen molar-refractivity contribution in [1.29, 1.82) is 0 Å². The van der Waals surface area contributed by atoms with Gasteiger partial charge in [0.1, 0.15) is 0 Å². The fourth-order valence-electron chi connectivity index (χ4n) is 2.22. The highest BCUT2D eigenvalue weighted by molar-refractivity contribution is 7.89. The quantitative estimate of drug-likeness (QED) is 0.866. The molecule has 1 saturated heterocycles. The maximum Gasteiger partial charge on any atom is 0.240 e. The Balaban J connectivity index is 2.12. The average molecular weight is 268 g/mol. The molecule has 0 bridgehead atoms. The summed E-state index contributed by atoms with van der Waals surface area (Å²) < 4.78 is 27.1. The van der Waals surface area contributed by atoms with Gasteiger partial charge in [-0.05, 0) is 50.4 Å². The highest BCUT2D eigenvalue weighted by Crippen LogP contribution is 2.16. The molecule has 1 aliphatic heterocycles. The van der Waals surface area contributed by atoms with Gasteiger partial charge in [-0.3, -0.25) is 0 Å². The first-order chi connectivity index (χ1) is 8.49. The minimum atomic E-state index is -3.39. The first-order valence-electron chi connectivity index (χ1n) is 6.29.